The number of ether oxygens (including phenoxy) is 2. The summed E-state index contributed by atoms with van der Waals surface area (Å²) in [6, 6.07) is 0.455. The summed E-state index contributed by atoms with van der Waals surface area (Å²) < 4.78 is 16.7. The van der Waals surface area contributed by atoms with Gasteiger partial charge in [-0.05, 0) is 19.4 Å². The quantitative estimate of drug-likeness (QED) is 0.895. The standard InChI is InChI=1S/C15H25N3O3/c1-3-16-12-6-4-5-11(12)13-17-14(18-21-13)15(19-2)7-9-20-10-8-15/h11-12,16H,3-10H2,1-2H3. The third-order valence-corrected chi connectivity index (χ3v) is 4.84. The van der Waals surface area contributed by atoms with Crippen LogP contribution in [-0.4, -0.2) is 43.1 Å². The Morgan fingerprint density at radius 1 is 1.33 bits per heavy atom. The van der Waals surface area contributed by atoms with Crippen LogP contribution >= 0.6 is 0 Å². The number of nitrogens with zero attached hydrogens (tertiary/aromatic N) is 2. The zero-order valence-corrected chi connectivity index (χ0v) is 12.9. The number of aromatic nitrogens is 2. The van der Waals surface area contributed by atoms with Crippen molar-refractivity contribution < 1.29 is 14.0 Å². The Balaban J connectivity index is 1.79. The van der Waals surface area contributed by atoms with Gasteiger partial charge in [0.05, 0.1) is 5.92 Å². The Kier molecular flexibility index (Phi) is 4.57. The van der Waals surface area contributed by atoms with Gasteiger partial charge in [0.2, 0.25) is 11.7 Å². The molecule has 1 N–H and O–H groups in total. The maximum absolute atomic E-state index is 5.73. The predicted molar refractivity (Wildman–Crippen MR) is 77.1 cm³/mol. The monoisotopic (exact) mass is 295 g/mol. The van der Waals surface area contributed by atoms with E-state index in [1.807, 2.05) is 0 Å². The Morgan fingerprint density at radius 3 is 2.86 bits per heavy atom. The van der Waals surface area contributed by atoms with E-state index in [0.717, 1.165) is 31.7 Å². The third-order valence-electron chi connectivity index (χ3n) is 4.84. The van der Waals surface area contributed by atoms with Crippen molar-refractivity contribution in [3.63, 3.8) is 0 Å². The van der Waals surface area contributed by atoms with Crippen molar-refractivity contribution in [2.24, 2.45) is 0 Å². The summed E-state index contributed by atoms with van der Waals surface area (Å²) in [6.07, 6.45) is 5.07. The molecule has 0 aromatic carbocycles. The molecule has 0 spiro atoms. The number of hydrogen-bond acceptors (Lipinski definition) is 6. The van der Waals surface area contributed by atoms with E-state index < -0.39 is 5.60 Å². The minimum atomic E-state index is -0.438. The van der Waals surface area contributed by atoms with E-state index in [1.165, 1.54) is 12.8 Å². The largest absolute Gasteiger partial charge is 0.381 e. The van der Waals surface area contributed by atoms with Gasteiger partial charge in [0.15, 0.2) is 0 Å². The van der Waals surface area contributed by atoms with Gasteiger partial charge in [-0.15, -0.1) is 0 Å². The van der Waals surface area contributed by atoms with Crippen LogP contribution in [0.25, 0.3) is 0 Å². The van der Waals surface area contributed by atoms with Gasteiger partial charge >= 0.3 is 0 Å². The molecule has 1 aliphatic carbocycles. The Morgan fingerprint density at radius 2 is 2.14 bits per heavy atom. The van der Waals surface area contributed by atoms with E-state index in [9.17, 15) is 0 Å². The first kappa shape index (κ1) is 14.9. The zero-order chi connectivity index (χ0) is 14.7. The van der Waals surface area contributed by atoms with E-state index in [4.69, 9.17) is 19.0 Å². The van der Waals surface area contributed by atoms with Crippen molar-refractivity contribution in [1.82, 2.24) is 15.5 Å². The van der Waals surface area contributed by atoms with Gasteiger partial charge in [-0.25, -0.2) is 0 Å². The van der Waals surface area contributed by atoms with Crippen LogP contribution < -0.4 is 5.32 Å². The van der Waals surface area contributed by atoms with Crippen LogP contribution in [0.4, 0.5) is 0 Å². The molecule has 2 heterocycles. The number of methoxy groups -OCH3 is 1. The van der Waals surface area contributed by atoms with E-state index in [1.54, 1.807) is 7.11 Å². The molecule has 1 saturated carbocycles. The van der Waals surface area contributed by atoms with E-state index >= 15 is 0 Å². The summed E-state index contributed by atoms with van der Waals surface area (Å²) in [6.45, 7) is 4.47. The van der Waals surface area contributed by atoms with Crippen LogP contribution in [-0.2, 0) is 15.1 Å². The van der Waals surface area contributed by atoms with Gasteiger partial charge in [-0.3, -0.25) is 0 Å². The summed E-state index contributed by atoms with van der Waals surface area (Å²) in [4.78, 5) is 4.69. The van der Waals surface area contributed by atoms with Crippen molar-refractivity contribution in [2.45, 2.75) is 56.6 Å². The van der Waals surface area contributed by atoms with Crippen LogP contribution in [0.15, 0.2) is 4.52 Å². The fourth-order valence-electron chi connectivity index (χ4n) is 3.55. The molecule has 21 heavy (non-hydrogen) atoms. The van der Waals surface area contributed by atoms with Crippen molar-refractivity contribution in [3.05, 3.63) is 11.7 Å². The molecule has 3 rings (SSSR count). The Labute approximate surface area is 125 Å². The summed E-state index contributed by atoms with van der Waals surface area (Å²) in [7, 11) is 1.72. The van der Waals surface area contributed by atoms with Crippen molar-refractivity contribution in [3.8, 4) is 0 Å². The first-order chi connectivity index (χ1) is 10.3. The molecule has 2 fully saturated rings. The number of rotatable bonds is 5. The lowest BCUT2D eigenvalue weighted by Crippen LogP contribution is -2.36. The fraction of sp³-hybridized carbons (Fsp3) is 0.867. The minimum absolute atomic E-state index is 0.333. The highest BCUT2D eigenvalue weighted by Crippen LogP contribution is 2.37. The molecule has 2 atom stereocenters. The fourth-order valence-corrected chi connectivity index (χ4v) is 3.55. The van der Waals surface area contributed by atoms with Gasteiger partial charge in [-0.1, -0.05) is 18.5 Å². The van der Waals surface area contributed by atoms with Crippen LogP contribution in [0.5, 0.6) is 0 Å². The molecule has 2 unspecified atom stereocenters. The van der Waals surface area contributed by atoms with Crippen molar-refractivity contribution in [1.29, 1.82) is 0 Å². The van der Waals surface area contributed by atoms with Gasteiger partial charge in [0.1, 0.15) is 5.60 Å². The van der Waals surface area contributed by atoms with Crippen LogP contribution in [0, 0.1) is 0 Å². The highest BCUT2D eigenvalue weighted by molar-refractivity contribution is 5.08. The summed E-state index contributed by atoms with van der Waals surface area (Å²) in [5.41, 5.74) is -0.438. The maximum Gasteiger partial charge on any atom is 0.231 e. The van der Waals surface area contributed by atoms with Crippen LogP contribution in [0.1, 0.15) is 56.7 Å². The number of nitrogens with one attached hydrogen (secondary N) is 1. The highest BCUT2D eigenvalue weighted by Gasteiger charge is 2.41. The van der Waals surface area contributed by atoms with Crippen molar-refractivity contribution >= 4 is 0 Å². The van der Waals surface area contributed by atoms with E-state index in [2.05, 4.69) is 17.4 Å². The Hall–Kier alpha value is -0.980. The smallest absolute Gasteiger partial charge is 0.231 e. The molecule has 6 nitrogen and oxygen atoms in total. The molecule has 1 aromatic heterocycles. The van der Waals surface area contributed by atoms with Crippen LogP contribution in [0.2, 0.25) is 0 Å². The second kappa shape index (κ2) is 6.42. The second-order valence-electron chi connectivity index (χ2n) is 5.97. The molecule has 6 heteroatoms. The van der Waals surface area contributed by atoms with E-state index in [0.29, 0.717) is 31.0 Å². The van der Waals surface area contributed by atoms with Gasteiger partial charge in [0.25, 0.3) is 0 Å². The Bertz CT molecular complexity index is 457. The van der Waals surface area contributed by atoms with Gasteiger partial charge in [-0.2, -0.15) is 4.98 Å². The summed E-state index contributed by atoms with van der Waals surface area (Å²) in [5.74, 6) is 1.78. The maximum atomic E-state index is 5.73. The third kappa shape index (κ3) is 2.84. The molecule has 0 radical (unpaired) electrons. The second-order valence-corrected chi connectivity index (χ2v) is 5.97. The van der Waals surface area contributed by atoms with E-state index in [-0.39, 0.29) is 0 Å². The molecule has 1 aliphatic heterocycles. The first-order valence-electron chi connectivity index (χ1n) is 7.99. The van der Waals surface area contributed by atoms with Crippen LogP contribution in [0.3, 0.4) is 0 Å². The molecule has 0 bridgehead atoms. The topological polar surface area (TPSA) is 69.4 Å². The molecule has 0 amide bonds. The van der Waals surface area contributed by atoms with Gasteiger partial charge in [0, 0.05) is 39.2 Å². The average Bonchev–Trinajstić information content (AvgIpc) is 3.17. The summed E-state index contributed by atoms with van der Waals surface area (Å²) >= 11 is 0. The lowest BCUT2D eigenvalue weighted by Gasteiger charge is -2.32. The normalized spacial score (nSPS) is 28.9. The molecule has 1 aromatic rings. The number of hydrogen-bond donors (Lipinski definition) is 1. The predicted octanol–water partition coefficient (Wildman–Crippen LogP) is 1.97. The molecule has 2 aliphatic rings. The molecule has 1 saturated heterocycles. The van der Waals surface area contributed by atoms with Gasteiger partial charge < -0.3 is 19.3 Å². The lowest BCUT2D eigenvalue weighted by atomic mass is 9.93. The zero-order valence-electron chi connectivity index (χ0n) is 12.9. The van der Waals surface area contributed by atoms with Crippen molar-refractivity contribution in [2.75, 3.05) is 26.9 Å². The lowest BCUT2D eigenvalue weighted by molar-refractivity contribution is -0.101. The highest BCUT2D eigenvalue weighted by atomic mass is 16.5. The SMILES string of the molecule is CCNC1CCCC1c1nc(C2(OC)CCOCC2)no1. The summed E-state index contributed by atoms with van der Waals surface area (Å²) in [5, 5.41) is 7.75. The minimum Gasteiger partial charge on any atom is -0.381 e. The first-order valence-corrected chi connectivity index (χ1v) is 7.99. The molecule has 118 valence electrons. The number of likely N-dealkylation sites (N-methyl/N-ethyl adjacent to an activating group) is 1. The molecular formula is C15H25N3O3. The average molecular weight is 295 g/mol. The molecular weight excluding hydrogens is 270 g/mol.